The molecule has 0 atom stereocenters. The van der Waals surface area contributed by atoms with E-state index in [0.29, 0.717) is 5.69 Å². The molecule has 2 rings (SSSR count). The molecule has 1 aromatic rings. The number of hydrogen-bond donors (Lipinski definition) is 1. The Balaban J connectivity index is 2.09. The molecule has 1 fully saturated rings. The molecule has 0 aliphatic carbocycles. The second-order valence-corrected chi connectivity index (χ2v) is 4.90. The number of benzene rings is 1. The minimum atomic E-state index is -0.809. The van der Waals surface area contributed by atoms with E-state index < -0.39 is 11.6 Å². The zero-order valence-corrected chi connectivity index (χ0v) is 11.3. The standard InChI is InChI=1S/C14H21F2N3/c1-2-5-18-6-8-19(9-7-18)12-4-3-11(10-17)13(15)14(12)16/h3-4H,2,5-10,17H2,1H3. The lowest BCUT2D eigenvalue weighted by atomic mass is 10.1. The third-order valence-corrected chi connectivity index (χ3v) is 3.61. The number of nitrogens with two attached hydrogens (primary N) is 1. The zero-order valence-electron chi connectivity index (χ0n) is 11.3. The molecule has 106 valence electrons. The maximum atomic E-state index is 14.0. The summed E-state index contributed by atoms with van der Waals surface area (Å²) >= 11 is 0. The Hall–Kier alpha value is -1.20. The molecule has 0 radical (unpaired) electrons. The van der Waals surface area contributed by atoms with E-state index in [-0.39, 0.29) is 12.1 Å². The molecule has 0 amide bonds. The largest absolute Gasteiger partial charge is 0.367 e. The second-order valence-electron chi connectivity index (χ2n) is 4.90. The van der Waals surface area contributed by atoms with Crippen molar-refractivity contribution in [2.45, 2.75) is 19.9 Å². The van der Waals surface area contributed by atoms with Crippen molar-refractivity contribution in [2.75, 3.05) is 37.6 Å². The van der Waals surface area contributed by atoms with Crippen LogP contribution in [-0.4, -0.2) is 37.6 Å². The van der Waals surface area contributed by atoms with Gasteiger partial charge in [0.2, 0.25) is 0 Å². The van der Waals surface area contributed by atoms with Crippen molar-refractivity contribution in [3.8, 4) is 0 Å². The van der Waals surface area contributed by atoms with Crippen molar-refractivity contribution in [1.29, 1.82) is 0 Å². The molecular formula is C14H21F2N3. The monoisotopic (exact) mass is 269 g/mol. The van der Waals surface area contributed by atoms with E-state index in [1.807, 2.05) is 4.90 Å². The van der Waals surface area contributed by atoms with Crippen molar-refractivity contribution in [2.24, 2.45) is 5.73 Å². The minimum absolute atomic E-state index is 0.0211. The van der Waals surface area contributed by atoms with Gasteiger partial charge >= 0.3 is 0 Å². The lowest BCUT2D eigenvalue weighted by Gasteiger charge is -2.36. The maximum Gasteiger partial charge on any atom is 0.182 e. The number of rotatable bonds is 4. The van der Waals surface area contributed by atoms with E-state index in [2.05, 4.69) is 11.8 Å². The van der Waals surface area contributed by atoms with Crippen LogP contribution in [0.4, 0.5) is 14.5 Å². The molecule has 0 saturated carbocycles. The van der Waals surface area contributed by atoms with E-state index in [9.17, 15) is 8.78 Å². The quantitative estimate of drug-likeness (QED) is 0.907. The Morgan fingerprint density at radius 1 is 1.11 bits per heavy atom. The first-order valence-electron chi connectivity index (χ1n) is 6.81. The number of hydrogen-bond acceptors (Lipinski definition) is 3. The predicted molar refractivity (Wildman–Crippen MR) is 73.2 cm³/mol. The van der Waals surface area contributed by atoms with Crippen LogP contribution >= 0.6 is 0 Å². The van der Waals surface area contributed by atoms with Crippen molar-refractivity contribution in [3.05, 3.63) is 29.3 Å². The molecule has 0 spiro atoms. The Morgan fingerprint density at radius 3 is 2.37 bits per heavy atom. The molecule has 0 bridgehead atoms. The van der Waals surface area contributed by atoms with Gasteiger partial charge in [0.1, 0.15) is 0 Å². The molecule has 1 aromatic carbocycles. The van der Waals surface area contributed by atoms with E-state index in [4.69, 9.17) is 5.73 Å². The van der Waals surface area contributed by atoms with Gasteiger partial charge in [-0.1, -0.05) is 13.0 Å². The smallest absolute Gasteiger partial charge is 0.182 e. The lowest BCUT2D eigenvalue weighted by Crippen LogP contribution is -2.46. The first kappa shape index (κ1) is 14.2. The Labute approximate surface area is 113 Å². The van der Waals surface area contributed by atoms with E-state index in [1.54, 1.807) is 12.1 Å². The minimum Gasteiger partial charge on any atom is -0.367 e. The summed E-state index contributed by atoms with van der Waals surface area (Å²) in [6.45, 7) is 6.49. The van der Waals surface area contributed by atoms with Gasteiger partial charge < -0.3 is 10.6 Å². The predicted octanol–water partition coefficient (Wildman–Crippen LogP) is 1.96. The van der Waals surface area contributed by atoms with Gasteiger partial charge in [-0.3, -0.25) is 4.90 Å². The van der Waals surface area contributed by atoms with E-state index in [1.165, 1.54) is 0 Å². The van der Waals surface area contributed by atoms with Gasteiger partial charge in [0, 0.05) is 38.3 Å². The molecule has 2 N–H and O–H groups in total. The fourth-order valence-corrected chi connectivity index (χ4v) is 2.51. The van der Waals surface area contributed by atoms with Gasteiger partial charge in [0.25, 0.3) is 0 Å². The van der Waals surface area contributed by atoms with Crippen LogP contribution in [0.1, 0.15) is 18.9 Å². The molecule has 3 nitrogen and oxygen atoms in total. The fraction of sp³-hybridized carbons (Fsp3) is 0.571. The lowest BCUT2D eigenvalue weighted by molar-refractivity contribution is 0.257. The van der Waals surface area contributed by atoms with Crippen molar-refractivity contribution in [3.63, 3.8) is 0 Å². The van der Waals surface area contributed by atoms with Crippen LogP contribution in [0.25, 0.3) is 0 Å². The number of anilines is 1. The zero-order chi connectivity index (χ0) is 13.8. The second kappa shape index (κ2) is 6.30. The summed E-state index contributed by atoms with van der Waals surface area (Å²) in [5.74, 6) is -1.58. The molecule has 1 aliphatic heterocycles. The summed E-state index contributed by atoms with van der Waals surface area (Å²) in [5, 5.41) is 0. The van der Waals surface area contributed by atoms with Crippen LogP contribution in [0.3, 0.4) is 0 Å². The Bertz CT molecular complexity index is 429. The van der Waals surface area contributed by atoms with Gasteiger partial charge in [-0.15, -0.1) is 0 Å². The van der Waals surface area contributed by atoms with Crippen LogP contribution < -0.4 is 10.6 Å². The summed E-state index contributed by atoms with van der Waals surface area (Å²) in [5.41, 5.74) is 5.95. The third-order valence-electron chi connectivity index (χ3n) is 3.61. The van der Waals surface area contributed by atoms with Gasteiger partial charge in [0.05, 0.1) is 5.69 Å². The SMILES string of the molecule is CCCN1CCN(c2ccc(CN)c(F)c2F)CC1. The highest BCUT2D eigenvalue weighted by Gasteiger charge is 2.21. The molecule has 19 heavy (non-hydrogen) atoms. The molecule has 0 unspecified atom stereocenters. The van der Waals surface area contributed by atoms with E-state index in [0.717, 1.165) is 39.1 Å². The summed E-state index contributed by atoms with van der Waals surface area (Å²) in [4.78, 5) is 4.25. The molecule has 1 saturated heterocycles. The average Bonchev–Trinajstić information content (AvgIpc) is 2.43. The number of nitrogens with zero attached hydrogens (tertiary/aromatic N) is 2. The molecule has 1 aliphatic rings. The Kier molecular flexibility index (Phi) is 4.71. The van der Waals surface area contributed by atoms with Gasteiger partial charge in [0.15, 0.2) is 11.6 Å². The number of piperazine rings is 1. The van der Waals surface area contributed by atoms with Crippen molar-refractivity contribution < 1.29 is 8.78 Å². The van der Waals surface area contributed by atoms with Crippen LogP contribution in [0.2, 0.25) is 0 Å². The van der Waals surface area contributed by atoms with Gasteiger partial charge in [-0.25, -0.2) is 8.78 Å². The molecule has 5 heteroatoms. The maximum absolute atomic E-state index is 14.0. The highest BCUT2D eigenvalue weighted by atomic mass is 19.2. The number of halogens is 2. The van der Waals surface area contributed by atoms with Crippen LogP contribution in [0.5, 0.6) is 0 Å². The van der Waals surface area contributed by atoms with Crippen molar-refractivity contribution >= 4 is 5.69 Å². The average molecular weight is 269 g/mol. The van der Waals surface area contributed by atoms with Gasteiger partial charge in [-0.05, 0) is 19.0 Å². The first-order chi connectivity index (χ1) is 9.17. The summed E-state index contributed by atoms with van der Waals surface area (Å²) in [6.07, 6.45) is 1.12. The summed E-state index contributed by atoms with van der Waals surface area (Å²) in [6, 6.07) is 3.21. The van der Waals surface area contributed by atoms with Crippen molar-refractivity contribution in [1.82, 2.24) is 4.90 Å². The molecule has 1 heterocycles. The highest BCUT2D eigenvalue weighted by Crippen LogP contribution is 2.25. The normalized spacial score (nSPS) is 16.9. The molecule has 0 aromatic heterocycles. The van der Waals surface area contributed by atoms with Crippen LogP contribution in [0.15, 0.2) is 12.1 Å². The van der Waals surface area contributed by atoms with E-state index >= 15 is 0 Å². The summed E-state index contributed by atoms with van der Waals surface area (Å²) in [7, 11) is 0. The first-order valence-corrected chi connectivity index (χ1v) is 6.81. The van der Waals surface area contributed by atoms with Crippen LogP contribution in [-0.2, 0) is 6.54 Å². The molecular weight excluding hydrogens is 248 g/mol. The Morgan fingerprint density at radius 2 is 1.79 bits per heavy atom. The van der Waals surface area contributed by atoms with Crippen LogP contribution in [0, 0.1) is 11.6 Å². The fourth-order valence-electron chi connectivity index (χ4n) is 2.51. The third kappa shape index (κ3) is 3.04. The van der Waals surface area contributed by atoms with Gasteiger partial charge in [-0.2, -0.15) is 0 Å². The summed E-state index contributed by atoms with van der Waals surface area (Å²) < 4.78 is 27.7. The topological polar surface area (TPSA) is 32.5 Å². The highest BCUT2D eigenvalue weighted by molar-refractivity contribution is 5.50.